The van der Waals surface area contributed by atoms with Crippen molar-refractivity contribution in [2.75, 3.05) is 0 Å². The van der Waals surface area contributed by atoms with Crippen LogP contribution in [-0.4, -0.2) is 5.54 Å². The van der Waals surface area contributed by atoms with Gasteiger partial charge < -0.3 is 5.73 Å². The molecule has 1 fully saturated rings. The second-order valence-corrected chi connectivity index (χ2v) is 2.83. The number of hydrogen-bond donors (Lipinski definition) is 1. The highest BCUT2D eigenvalue weighted by Crippen LogP contribution is 2.24. The maximum absolute atomic E-state index is 8.58. The van der Waals surface area contributed by atoms with Crippen molar-refractivity contribution in [1.29, 1.82) is 5.26 Å². The van der Waals surface area contributed by atoms with Gasteiger partial charge in [-0.25, -0.2) is 0 Å². The molecule has 1 aliphatic carbocycles. The Bertz CT molecular complexity index is 136. The van der Waals surface area contributed by atoms with Crippen molar-refractivity contribution in [3.8, 4) is 6.07 Å². The first-order chi connectivity index (χ1) is 4.27. The lowest BCUT2D eigenvalue weighted by Gasteiger charge is -2.25. The summed E-state index contributed by atoms with van der Waals surface area (Å²) >= 11 is 0. The zero-order chi connectivity index (χ0) is 6.74. The number of nitrogens with zero attached hydrogens (tertiary/aromatic N) is 1. The second-order valence-electron chi connectivity index (χ2n) is 2.83. The fourth-order valence-electron chi connectivity index (χ4n) is 1.29. The van der Waals surface area contributed by atoms with E-state index in [4.69, 9.17) is 11.0 Å². The minimum Gasteiger partial charge on any atom is -0.313 e. The molecule has 0 atom stereocenters. The molecular weight excluding hydrogens is 183 g/mol. The van der Waals surface area contributed by atoms with Crippen molar-refractivity contribution in [3.63, 3.8) is 0 Å². The molecule has 0 aromatic heterocycles. The van der Waals surface area contributed by atoms with E-state index in [-0.39, 0.29) is 24.8 Å². The van der Waals surface area contributed by atoms with Crippen LogP contribution in [0.5, 0.6) is 0 Å². The Kier molecular flexibility index (Phi) is 6.99. The lowest BCUT2D eigenvalue weighted by molar-refractivity contribution is 0.367. The number of rotatable bonds is 0. The van der Waals surface area contributed by atoms with Gasteiger partial charge in [0.1, 0.15) is 5.54 Å². The van der Waals surface area contributed by atoms with Gasteiger partial charge >= 0.3 is 0 Å². The Labute approximate surface area is 80.0 Å². The summed E-state index contributed by atoms with van der Waals surface area (Å²) in [5, 5.41) is 8.58. The maximum atomic E-state index is 8.58. The highest BCUT2D eigenvalue weighted by Gasteiger charge is 2.26. The van der Waals surface area contributed by atoms with Gasteiger partial charge in [-0.05, 0) is 12.8 Å². The lowest BCUT2D eigenvalue weighted by atomic mass is 9.84. The summed E-state index contributed by atoms with van der Waals surface area (Å²) < 4.78 is 0. The molecule has 0 heterocycles. The molecule has 2 nitrogen and oxygen atoms in total. The molecule has 66 valence electrons. The van der Waals surface area contributed by atoms with Gasteiger partial charge in [-0.15, -0.1) is 24.8 Å². The van der Waals surface area contributed by atoms with Crippen LogP contribution in [0, 0.1) is 11.3 Å². The Morgan fingerprint density at radius 2 is 1.55 bits per heavy atom. The van der Waals surface area contributed by atoms with Crippen LogP contribution in [-0.2, 0) is 0 Å². The number of hydrogen-bond acceptors (Lipinski definition) is 2. The monoisotopic (exact) mass is 196 g/mol. The minimum atomic E-state index is -0.474. The Morgan fingerprint density at radius 3 is 1.82 bits per heavy atom. The summed E-state index contributed by atoms with van der Waals surface area (Å²) in [5.41, 5.74) is 5.22. The summed E-state index contributed by atoms with van der Waals surface area (Å²) in [6, 6.07) is 2.16. The molecule has 0 bridgehead atoms. The van der Waals surface area contributed by atoms with E-state index >= 15 is 0 Å². The molecular formula is C7H14Cl2N2. The van der Waals surface area contributed by atoms with Gasteiger partial charge in [-0.3, -0.25) is 0 Å². The Balaban J connectivity index is 0. The number of nitrogens with two attached hydrogens (primary N) is 1. The summed E-state index contributed by atoms with van der Waals surface area (Å²) in [6.45, 7) is 0. The molecule has 0 saturated heterocycles. The van der Waals surface area contributed by atoms with Crippen molar-refractivity contribution in [1.82, 2.24) is 0 Å². The van der Waals surface area contributed by atoms with Crippen LogP contribution in [0.15, 0.2) is 0 Å². The van der Waals surface area contributed by atoms with E-state index in [1.165, 1.54) is 6.42 Å². The van der Waals surface area contributed by atoms with Gasteiger partial charge in [0, 0.05) is 0 Å². The molecule has 0 aromatic rings. The molecule has 11 heavy (non-hydrogen) atoms. The normalized spacial score (nSPS) is 20.4. The molecule has 0 radical (unpaired) electrons. The molecule has 1 saturated carbocycles. The Hall–Kier alpha value is 0.0300. The number of nitriles is 1. The maximum Gasteiger partial charge on any atom is 0.104 e. The first-order valence-corrected chi connectivity index (χ1v) is 3.47. The van der Waals surface area contributed by atoms with Crippen molar-refractivity contribution in [3.05, 3.63) is 0 Å². The molecule has 0 unspecified atom stereocenters. The molecule has 2 N–H and O–H groups in total. The Morgan fingerprint density at radius 1 is 1.09 bits per heavy atom. The van der Waals surface area contributed by atoms with Crippen molar-refractivity contribution in [2.45, 2.75) is 37.6 Å². The van der Waals surface area contributed by atoms with Crippen molar-refractivity contribution in [2.24, 2.45) is 5.73 Å². The van der Waals surface area contributed by atoms with E-state index in [0.29, 0.717) is 0 Å². The molecule has 4 heteroatoms. The second kappa shape index (κ2) is 5.65. The molecule has 1 aliphatic rings. The molecule has 1 rings (SSSR count). The van der Waals surface area contributed by atoms with E-state index in [1.54, 1.807) is 0 Å². The third-order valence-electron chi connectivity index (χ3n) is 1.97. The van der Waals surface area contributed by atoms with E-state index < -0.39 is 5.54 Å². The average molecular weight is 197 g/mol. The highest BCUT2D eigenvalue weighted by atomic mass is 35.5. The molecule has 0 spiro atoms. The zero-order valence-corrected chi connectivity index (χ0v) is 8.01. The zero-order valence-electron chi connectivity index (χ0n) is 6.38. The highest BCUT2D eigenvalue weighted by molar-refractivity contribution is 5.85. The van der Waals surface area contributed by atoms with Crippen LogP contribution in [0.4, 0.5) is 0 Å². The molecule has 0 aliphatic heterocycles. The van der Waals surface area contributed by atoms with Gasteiger partial charge in [0.15, 0.2) is 0 Å². The van der Waals surface area contributed by atoms with Crippen LogP contribution < -0.4 is 5.73 Å². The standard InChI is InChI=1S/C7H12N2.2ClH/c8-6-7(9)4-2-1-3-5-7;;/h1-5,9H2;2*1H. The summed E-state index contributed by atoms with van der Waals surface area (Å²) in [4.78, 5) is 0. The van der Waals surface area contributed by atoms with Crippen LogP contribution >= 0.6 is 24.8 Å². The smallest absolute Gasteiger partial charge is 0.104 e. The van der Waals surface area contributed by atoms with Crippen LogP contribution in [0.3, 0.4) is 0 Å². The van der Waals surface area contributed by atoms with Crippen LogP contribution in [0.25, 0.3) is 0 Å². The topological polar surface area (TPSA) is 49.8 Å². The van der Waals surface area contributed by atoms with Crippen molar-refractivity contribution < 1.29 is 0 Å². The van der Waals surface area contributed by atoms with Crippen LogP contribution in [0.2, 0.25) is 0 Å². The van der Waals surface area contributed by atoms with Gasteiger partial charge in [-0.1, -0.05) is 19.3 Å². The number of halogens is 2. The van der Waals surface area contributed by atoms with E-state index in [1.807, 2.05) is 0 Å². The van der Waals surface area contributed by atoms with E-state index in [2.05, 4.69) is 6.07 Å². The van der Waals surface area contributed by atoms with Gasteiger partial charge in [0.25, 0.3) is 0 Å². The minimum absolute atomic E-state index is 0. The SMILES string of the molecule is Cl.Cl.N#CC1(N)CCCCC1. The fraction of sp³-hybridized carbons (Fsp3) is 0.857. The average Bonchev–Trinajstić information content (AvgIpc) is 1.90. The largest absolute Gasteiger partial charge is 0.313 e. The van der Waals surface area contributed by atoms with Gasteiger partial charge in [0.05, 0.1) is 6.07 Å². The third-order valence-corrected chi connectivity index (χ3v) is 1.97. The van der Waals surface area contributed by atoms with Crippen molar-refractivity contribution >= 4 is 24.8 Å². The predicted molar refractivity (Wildman–Crippen MR) is 50.1 cm³/mol. The quantitative estimate of drug-likeness (QED) is 0.645. The third kappa shape index (κ3) is 3.81. The predicted octanol–water partition coefficient (Wildman–Crippen LogP) is 2.02. The molecule has 0 aromatic carbocycles. The summed E-state index contributed by atoms with van der Waals surface area (Å²) in [6.07, 6.45) is 5.29. The summed E-state index contributed by atoms with van der Waals surface area (Å²) in [5.74, 6) is 0. The summed E-state index contributed by atoms with van der Waals surface area (Å²) in [7, 11) is 0. The fourth-order valence-corrected chi connectivity index (χ4v) is 1.29. The lowest BCUT2D eigenvalue weighted by Crippen LogP contribution is -2.39. The van der Waals surface area contributed by atoms with E-state index in [9.17, 15) is 0 Å². The van der Waals surface area contributed by atoms with Crippen LogP contribution in [0.1, 0.15) is 32.1 Å². The first-order valence-electron chi connectivity index (χ1n) is 3.47. The van der Waals surface area contributed by atoms with Gasteiger partial charge in [0.2, 0.25) is 0 Å². The van der Waals surface area contributed by atoms with Gasteiger partial charge in [-0.2, -0.15) is 5.26 Å². The van der Waals surface area contributed by atoms with E-state index in [0.717, 1.165) is 25.7 Å². The first kappa shape index (κ1) is 13.6. The molecule has 0 amide bonds.